The molecule has 2 N–H and O–H groups in total. The van der Waals surface area contributed by atoms with Gasteiger partial charge in [0.15, 0.2) is 11.6 Å². The van der Waals surface area contributed by atoms with Gasteiger partial charge in [-0.15, -0.1) is 6.58 Å². The van der Waals surface area contributed by atoms with E-state index in [0.717, 1.165) is 72.9 Å². The number of pyridine rings is 2. The lowest BCUT2D eigenvalue weighted by Gasteiger charge is -2.35. The van der Waals surface area contributed by atoms with Crippen LogP contribution in [0.25, 0.3) is 21.5 Å². The predicted octanol–water partition coefficient (Wildman–Crippen LogP) is 9.87. The number of Topliss-reactive ketones (excluding diaryl/α,β-unsaturated/α-hetero) is 2. The summed E-state index contributed by atoms with van der Waals surface area (Å²) in [6.45, 7) is 17.0. The number of allylic oxidation sites excluding steroid dienone is 1. The Morgan fingerprint density at radius 2 is 0.971 bits per heavy atom. The monoisotopic (exact) mass is 1480 g/mol. The first kappa shape index (κ1) is 77.3. The number of hydrogen-bond donors (Lipinski definition) is 2. The number of aromatic nitrogens is 2. The maximum atomic E-state index is 14.6. The van der Waals surface area contributed by atoms with Gasteiger partial charge in [0.1, 0.15) is 35.9 Å². The van der Waals surface area contributed by atoms with Gasteiger partial charge in [0.2, 0.25) is 35.4 Å². The molecule has 4 amide bonds. The minimum absolute atomic E-state index is 0.0292. The van der Waals surface area contributed by atoms with E-state index in [4.69, 9.17) is 36.8 Å². The second-order valence-electron chi connectivity index (χ2n) is 31.7. The lowest BCUT2D eigenvalue weighted by atomic mass is 9.77. The number of fused-ring (bicyclic) bond motifs is 2. The Morgan fingerprint density at radius 1 is 0.567 bits per heavy atom. The minimum Gasteiger partial charge on any atom is -0.497 e. The number of carbonyl (C=O) groups excluding carboxylic acids is 8. The molecule has 566 valence electrons. The molecule has 2 saturated heterocycles. The molecule has 8 fully saturated rings. The molecule has 4 aromatic rings. The smallest absolute Gasteiger partial charge is 0.362 e. The molecule has 28 heteroatoms. The number of rotatable bonds is 30. The molecule has 6 aliphatic carbocycles. The van der Waals surface area contributed by atoms with Gasteiger partial charge in [-0.2, -0.15) is 16.8 Å². The van der Waals surface area contributed by atoms with Crippen LogP contribution in [0.5, 0.6) is 23.3 Å². The van der Waals surface area contributed by atoms with Crippen molar-refractivity contribution < 1.29 is 92.0 Å². The Balaban J connectivity index is 0.000000208. The standard InChI is InChI=1S/C38H51N3O10S.C38H49N3O10S/c2*1-6-24-20-38(24,36(45)40-52(46,47)51-26-11-12-26)21-32(42)31-18-28(50-34-29-14-13-27(48-5)17-23(29)15-16-39-34)22-41(31)35(44)30(37(2,3)4)19-33(43)49-25-9-7-8-10-25/h13-17,24-26,28,30-31H,6-12,18-22H2,1-5H3,(H,40,45);6,13-17,24-26,28,30-31H,1,7-12,18-22H2,2-5H3,(H,40,45)/t2*24-,28-,30-,31+,38-/m11/s1. The van der Waals surface area contributed by atoms with Crippen LogP contribution >= 0.6 is 0 Å². The van der Waals surface area contributed by atoms with E-state index in [9.17, 15) is 55.2 Å². The zero-order valence-electron chi connectivity index (χ0n) is 61.0. The maximum Gasteiger partial charge on any atom is 0.362 e. The van der Waals surface area contributed by atoms with Crippen molar-refractivity contribution >= 4 is 89.3 Å². The van der Waals surface area contributed by atoms with Crippen LogP contribution in [0.2, 0.25) is 0 Å². The summed E-state index contributed by atoms with van der Waals surface area (Å²) in [5.74, 6) is -4.37. The van der Waals surface area contributed by atoms with Gasteiger partial charge < -0.3 is 38.2 Å². The van der Waals surface area contributed by atoms with Gasteiger partial charge in [-0.3, -0.25) is 46.7 Å². The predicted molar refractivity (Wildman–Crippen MR) is 381 cm³/mol. The van der Waals surface area contributed by atoms with E-state index in [-0.39, 0.29) is 87.9 Å². The van der Waals surface area contributed by atoms with E-state index < -0.39 is 132 Å². The van der Waals surface area contributed by atoms with Crippen molar-refractivity contribution in [3.63, 3.8) is 0 Å². The van der Waals surface area contributed by atoms with Gasteiger partial charge in [0, 0.05) is 48.8 Å². The summed E-state index contributed by atoms with van der Waals surface area (Å²) < 4.78 is 99.6. The molecule has 26 nitrogen and oxygen atoms in total. The van der Waals surface area contributed by atoms with Gasteiger partial charge in [0.05, 0.1) is 87.1 Å². The first-order valence-corrected chi connectivity index (χ1v) is 39.4. The Kier molecular flexibility index (Phi) is 23.3. The largest absolute Gasteiger partial charge is 0.497 e. The second kappa shape index (κ2) is 31.3. The van der Waals surface area contributed by atoms with E-state index in [1.165, 1.54) is 15.9 Å². The summed E-state index contributed by atoms with van der Waals surface area (Å²) in [6, 6.07) is 12.6. The normalized spacial score (nSPS) is 25.4. The maximum absolute atomic E-state index is 14.6. The summed E-state index contributed by atoms with van der Waals surface area (Å²) >= 11 is 0. The first-order valence-electron chi connectivity index (χ1n) is 36.6. The third-order valence-electron chi connectivity index (χ3n) is 21.9. The highest BCUT2D eigenvalue weighted by Gasteiger charge is 2.63. The number of nitrogens with zero attached hydrogens (tertiary/aromatic N) is 4. The molecule has 2 aliphatic heterocycles. The number of hydrogen-bond acceptors (Lipinski definition) is 22. The number of nitrogens with one attached hydrogen (secondary N) is 2. The minimum atomic E-state index is -4.37. The quantitative estimate of drug-likeness (QED) is 0.0362. The number of amides is 4. The molecule has 10 atom stereocenters. The highest BCUT2D eigenvalue weighted by molar-refractivity contribution is 7.85. The number of methoxy groups -OCH3 is 2. The Hall–Kier alpha value is -7.82. The van der Waals surface area contributed by atoms with E-state index >= 15 is 0 Å². The summed E-state index contributed by atoms with van der Waals surface area (Å²) in [5, 5.41) is 3.11. The van der Waals surface area contributed by atoms with Gasteiger partial charge in [0.25, 0.3) is 0 Å². The van der Waals surface area contributed by atoms with E-state index in [2.05, 4.69) is 21.3 Å². The molecular weight excluding hydrogens is 1380 g/mol. The van der Waals surface area contributed by atoms with E-state index in [1.54, 1.807) is 38.7 Å². The molecule has 2 aromatic heterocycles. The van der Waals surface area contributed by atoms with Gasteiger partial charge in [-0.25, -0.2) is 19.4 Å². The summed E-state index contributed by atoms with van der Waals surface area (Å²) in [6.07, 6.45) is 12.3. The number of benzene rings is 2. The zero-order chi connectivity index (χ0) is 74.8. The second-order valence-corrected chi connectivity index (χ2v) is 34.3. The summed E-state index contributed by atoms with van der Waals surface area (Å²) in [7, 11) is -5.55. The molecular formula is C76H100N6O20S2. The van der Waals surface area contributed by atoms with Gasteiger partial charge >= 0.3 is 32.5 Å². The lowest BCUT2D eigenvalue weighted by molar-refractivity contribution is -0.156. The SMILES string of the molecule is C=C[C@@H]1C[C@]1(CC(=O)[C@@H]1C[C@@H](Oc2nccc3cc(OC)ccc23)CN1C(=O)[C@@H](CC(=O)OC1CCCC1)C(C)(C)C)C(=O)NS(=O)(=O)OC1CC1.CC[C@@H]1C[C@]1(CC(=O)[C@@H]1C[C@@H](Oc2nccc3cc(OC)ccc23)CN1C(=O)[C@@H](CC(=O)OC1CCCC1)C(C)(C)C)C(=O)NS(=O)(=O)OC1CC1. The fraction of sp³-hybridized carbons (Fsp3) is 0.632. The van der Waals surface area contributed by atoms with Crippen LogP contribution in [0.3, 0.4) is 0 Å². The Bertz CT molecular complexity index is 4160. The average Bonchev–Trinajstić information content (AvgIpc) is 1.58. The topological polar surface area (TPSA) is 335 Å². The summed E-state index contributed by atoms with van der Waals surface area (Å²) in [4.78, 5) is 123. The van der Waals surface area contributed by atoms with Crippen LogP contribution in [0.1, 0.15) is 183 Å². The molecule has 0 radical (unpaired) electrons. The molecule has 12 rings (SSSR count). The number of ether oxygens (including phenoxy) is 6. The number of likely N-dealkylation sites (tertiary alicyclic amines) is 2. The first-order chi connectivity index (χ1) is 49.2. The van der Waals surface area contributed by atoms with Crippen molar-refractivity contribution in [3.05, 3.63) is 73.6 Å². The van der Waals surface area contributed by atoms with Crippen LogP contribution in [-0.2, 0) is 76.8 Å². The molecule has 104 heavy (non-hydrogen) atoms. The van der Waals surface area contributed by atoms with Crippen molar-refractivity contribution in [1.82, 2.24) is 29.2 Å². The molecule has 0 spiro atoms. The van der Waals surface area contributed by atoms with Crippen LogP contribution in [0, 0.1) is 45.3 Å². The highest BCUT2D eigenvalue weighted by atomic mass is 32.2. The van der Waals surface area contributed by atoms with Gasteiger partial charge in [-0.05, 0) is 172 Å². The Labute approximate surface area is 608 Å². The van der Waals surface area contributed by atoms with E-state index in [0.29, 0.717) is 61.8 Å². The third-order valence-corrected chi connectivity index (χ3v) is 23.8. The molecule has 6 saturated carbocycles. The van der Waals surface area contributed by atoms with Crippen LogP contribution < -0.4 is 28.4 Å². The highest BCUT2D eigenvalue weighted by Crippen LogP contribution is 2.59. The number of carbonyl (C=O) groups is 8. The van der Waals surface area contributed by atoms with Crippen LogP contribution in [-0.4, -0.2) is 160 Å². The fourth-order valence-corrected chi connectivity index (χ4v) is 17.4. The van der Waals surface area contributed by atoms with Crippen LogP contribution in [0.15, 0.2) is 73.6 Å². The zero-order valence-corrected chi connectivity index (χ0v) is 62.7. The number of ketones is 2. The van der Waals surface area contributed by atoms with Crippen molar-refractivity contribution in [3.8, 4) is 23.3 Å². The molecule has 8 aliphatic rings. The summed E-state index contributed by atoms with van der Waals surface area (Å²) in [5.41, 5.74) is -3.94. The lowest BCUT2D eigenvalue weighted by Crippen LogP contribution is -2.48. The molecule has 4 heterocycles. The average molecular weight is 1480 g/mol. The van der Waals surface area contributed by atoms with E-state index in [1.807, 2.05) is 89.6 Å². The van der Waals surface area contributed by atoms with Crippen molar-refractivity contribution in [2.45, 2.75) is 232 Å². The third kappa shape index (κ3) is 18.5. The van der Waals surface area contributed by atoms with Crippen molar-refractivity contribution in [2.24, 2.45) is 45.3 Å². The molecule has 2 aromatic carbocycles. The number of esters is 2. The van der Waals surface area contributed by atoms with Crippen molar-refractivity contribution in [2.75, 3.05) is 27.3 Å². The van der Waals surface area contributed by atoms with Crippen molar-refractivity contribution in [1.29, 1.82) is 0 Å². The molecule has 0 bridgehead atoms. The molecule has 0 unspecified atom stereocenters. The Morgan fingerprint density at radius 3 is 1.33 bits per heavy atom. The van der Waals surface area contributed by atoms with Gasteiger partial charge in [-0.1, -0.05) is 61.0 Å². The van der Waals surface area contributed by atoms with Crippen LogP contribution in [0.4, 0.5) is 0 Å². The fourth-order valence-electron chi connectivity index (χ4n) is 15.3.